The van der Waals surface area contributed by atoms with E-state index in [2.05, 4.69) is 37.8 Å². The smallest absolute Gasteiger partial charge is 0.243 e. The molecule has 0 aliphatic carbocycles. The number of sulfonamides is 1. The fraction of sp³-hybridized carbons (Fsp3) is 0.455. The van der Waals surface area contributed by atoms with Crippen molar-refractivity contribution in [2.75, 3.05) is 37.7 Å². The maximum atomic E-state index is 13.1. The van der Waals surface area contributed by atoms with Crippen molar-refractivity contribution in [2.45, 2.75) is 39.5 Å². The van der Waals surface area contributed by atoms with Crippen LogP contribution in [0.5, 0.6) is 5.75 Å². The van der Waals surface area contributed by atoms with E-state index >= 15 is 0 Å². The predicted molar refractivity (Wildman–Crippen MR) is 114 cm³/mol. The van der Waals surface area contributed by atoms with Crippen LogP contribution in [0.25, 0.3) is 0 Å². The van der Waals surface area contributed by atoms with Crippen molar-refractivity contribution in [1.29, 1.82) is 0 Å². The summed E-state index contributed by atoms with van der Waals surface area (Å²) in [6.45, 7) is 13.1. The van der Waals surface area contributed by atoms with Gasteiger partial charge in [0.25, 0.3) is 0 Å². The fourth-order valence-electron chi connectivity index (χ4n) is 4.07. The first-order valence-corrected chi connectivity index (χ1v) is 11.2. The first kappa shape index (κ1) is 20.7. The van der Waals surface area contributed by atoms with Crippen LogP contribution in [0.15, 0.2) is 35.2 Å². The summed E-state index contributed by atoms with van der Waals surface area (Å²) in [6, 6.07) is 9.48. The molecule has 0 amide bonds. The zero-order chi connectivity index (χ0) is 20.5. The highest BCUT2D eigenvalue weighted by Gasteiger charge is 2.29. The van der Waals surface area contributed by atoms with Crippen LogP contribution in [0, 0.1) is 27.7 Å². The van der Waals surface area contributed by atoms with Gasteiger partial charge >= 0.3 is 0 Å². The van der Waals surface area contributed by atoms with Gasteiger partial charge in [0.1, 0.15) is 5.75 Å². The number of hydrogen-bond acceptors (Lipinski definition) is 4. The topological polar surface area (TPSA) is 49.9 Å². The second kappa shape index (κ2) is 8.13. The van der Waals surface area contributed by atoms with Gasteiger partial charge in [0.2, 0.25) is 10.0 Å². The average molecular weight is 403 g/mol. The molecule has 1 aliphatic heterocycles. The molecule has 0 radical (unpaired) electrons. The van der Waals surface area contributed by atoms with E-state index in [-0.39, 0.29) is 0 Å². The largest absolute Gasteiger partial charge is 0.494 e. The molecule has 2 aromatic rings. The molecule has 0 atom stereocenters. The van der Waals surface area contributed by atoms with Crippen LogP contribution in [0.4, 0.5) is 5.69 Å². The quantitative estimate of drug-likeness (QED) is 0.763. The Hall–Kier alpha value is -2.05. The lowest BCUT2D eigenvalue weighted by Gasteiger charge is -2.37. The normalized spacial score (nSPS) is 15.7. The average Bonchev–Trinajstić information content (AvgIpc) is 2.63. The van der Waals surface area contributed by atoms with E-state index in [9.17, 15) is 8.42 Å². The van der Waals surface area contributed by atoms with Gasteiger partial charge in [0.15, 0.2) is 0 Å². The number of piperazine rings is 1. The minimum Gasteiger partial charge on any atom is -0.494 e. The molecule has 1 saturated heterocycles. The molecule has 152 valence electrons. The van der Waals surface area contributed by atoms with Crippen LogP contribution in [-0.4, -0.2) is 45.5 Å². The highest BCUT2D eigenvalue weighted by atomic mass is 32.2. The maximum absolute atomic E-state index is 13.1. The second-order valence-electron chi connectivity index (χ2n) is 7.50. The van der Waals surface area contributed by atoms with Gasteiger partial charge in [-0.2, -0.15) is 4.31 Å². The van der Waals surface area contributed by atoms with Crippen molar-refractivity contribution < 1.29 is 13.2 Å². The van der Waals surface area contributed by atoms with Gasteiger partial charge < -0.3 is 9.64 Å². The van der Waals surface area contributed by atoms with Gasteiger partial charge in [-0.3, -0.25) is 0 Å². The Morgan fingerprint density at radius 1 is 0.893 bits per heavy atom. The van der Waals surface area contributed by atoms with Crippen molar-refractivity contribution >= 4 is 15.7 Å². The number of hydrogen-bond donors (Lipinski definition) is 0. The minimum absolute atomic E-state index is 0.338. The number of aryl methyl sites for hydroxylation is 4. The van der Waals surface area contributed by atoms with Crippen LogP contribution in [0.3, 0.4) is 0 Å². The molecule has 1 aliphatic rings. The van der Waals surface area contributed by atoms with Crippen LogP contribution in [0.1, 0.15) is 29.2 Å². The van der Waals surface area contributed by atoms with Crippen LogP contribution in [0.2, 0.25) is 0 Å². The molecule has 0 spiro atoms. The zero-order valence-electron chi connectivity index (χ0n) is 17.4. The second-order valence-corrected chi connectivity index (χ2v) is 9.44. The lowest BCUT2D eigenvalue weighted by Crippen LogP contribution is -2.49. The van der Waals surface area contributed by atoms with Gasteiger partial charge in [-0.05, 0) is 69.5 Å². The summed E-state index contributed by atoms with van der Waals surface area (Å²) in [5.74, 6) is 0.733. The van der Waals surface area contributed by atoms with E-state index in [4.69, 9.17) is 4.74 Å². The Kier molecular flexibility index (Phi) is 6.01. The minimum atomic E-state index is -3.50. The number of rotatable bonds is 5. The van der Waals surface area contributed by atoms with Crippen LogP contribution in [-0.2, 0) is 10.0 Å². The molecule has 5 nitrogen and oxygen atoms in total. The number of ether oxygens (including phenoxy) is 1. The maximum Gasteiger partial charge on any atom is 0.243 e. The Bertz CT molecular complexity index is 939. The summed E-state index contributed by atoms with van der Waals surface area (Å²) in [7, 11) is -3.50. The standard InChI is InChI=1S/C22H30N2O3S/c1-6-27-21-8-7-20(15-17(21)3)28(25,26)24-11-9-23(10-12-24)22-18(4)13-16(2)14-19(22)5/h7-8,13-15H,6,9-12H2,1-5H3. The third-order valence-electron chi connectivity index (χ3n) is 5.27. The van der Waals surface area contributed by atoms with Crippen molar-refractivity contribution in [3.8, 4) is 5.75 Å². The molecule has 0 unspecified atom stereocenters. The van der Waals surface area contributed by atoms with E-state index in [0.717, 1.165) is 11.3 Å². The molecule has 3 rings (SSSR count). The Morgan fingerprint density at radius 2 is 1.50 bits per heavy atom. The number of benzene rings is 2. The van der Waals surface area contributed by atoms with E-state index in [1.165, 1.54) is 22.4 Å². The molecule has 2 aromatic carbocycles. The highest BCUT2D eigenvalue weighted by molar-refractivity contribution is 7.89. The van der Waals surface area contributed by atoms with Gasteiger partial charge in [-0.15, -0.1) is 0 Å². The third kappa shape index (κ3) is 4.03. The highest BCUT2D eigenvalue weighted by Crippen LogP contribution is 2.29. The molecular formula is C22H30N2O3S. The SMILES string of the molecule is CCOc1ccc(S(=O)(=O)N2CCN(c3c(C)cc(C)cc3C)CC2)cc1C. The fourth-order valence-corrected chi connectivity index (χ4v) is 5.58. The molecular weight excluding hydrogens is 372 g/mol. The van der Waals surface area contributed by atoms with Crippen molar-refractivity contribution in [3.63, 3.8) is 0 Å². The first-order valence-electron chi connectivity index (χ1n) is 9.80. The van der Waals surface area contributed by atoms with E-state index in [0.29, 0.717) is 37.7 Å². The molecule has 0 aromatic heterocycles. The lowest BCUT2D eigenvalue weighted by atomic mass is 10.0. The van der Waals surface area contributed by atoms with Gasteiger partial charge in [0.05, 0.1) is 11.5 Å². The molecule has 0 bridgehead atoms. The summed E-state index contributed by atoms with van der Waals surface area (Å²) in [4.78, 5) is 2.64. The van der Waals surface area contributed by atoms with E-state index < -0.39 is 10.0 Å². The zero-order valence-corrected chi connectivity index (χ0v) is 18.3. The molecule has 28 heavy (non-hydrogen) atoms. The summed E-state index contributed by atoms with van der Waals surface area (Å²) < 4.78 is 33.3. The summed E-state index contributed by atoms with van der Waals surface area (Å²) in [5, 5.41) is 0. The number of anilines is 1. The van der Waals surface area contributed by atoms with Crippen LogP contribution >= 0.6 is 0 Å². The predicted octanol–water partition coefficient (Wildman–Crippen LogP) is 3.83. The lowest BCUT2D eigenvalue weighted by molar-refractivity contribution is 0.337. The third-order valence-corrected chi connectivity index (χ3v) is 7.17. The summed E-state index contributed by atoms with van der Waals surface area (Å²) >= 11 is 0. The van der Waals surface area contributed by atoms with Gasteiger partial charge in [-0.1, -0.05) is 17.7 Å². The Morgan fingerprint density at radius 3 is 2.04 bits per heavy atom. The van der Waals surface area contributed by atoms with Crippen LogP contribution < -0.4 is 9.64 Å². The first-order chi connectivity index (χ1) is 13.2. The molecule has 6 heteroatoms. The molecule has 1 heterocycles. The van der Waals surface area contributed by atoms with Crippen molar-refractivity contribution in [2.24, 2.45) is 0 Å². The Balaban J connectivity index is 1.76. The van der Waals surface area contributed by atoms with E-state index in [1.54, 1.807) is 22.5 Å². The summed E-state index contributed by atoms with van der Waals surface area (Å²) in [6.07, 6.45) is 0. The van der Waals surface area contributed by atoms with Crippen molar-refractivity contribution in [1.82, 2.24) is 4.31 Å². The Labute approximate surface area is 169 Å². The molecule has 1 fully saturated rings. The molecule has 0 N–H and O–H groups in total. The van der Waals surface area contributed by atoms with Gasteiger partial charge in [0, 0.05) is 31.9 Å². The summed E-state index contributed by atoms with van der Waals surface area (Å²) in [5.41, 5.74) is 5.82. The van der Waals surface area contributed by atoms with E-state index in [1.807, 2.05) is 13.8 Å². The monoisotopic (exact) mass is 402 g/mol. The van der Waals surface area contributed by atoms with Crippen molar-refractivity contribution in [3.05, 3.63) is 52.6 Å². The van der Waals surface area contributed by atoms with Gasteiger partial charge in [-0.25, -0.2) is 8.42 Å². The molecule has 0 saturated carbocycles. The number of nitrogens with zero attached hydrogens (tertiary/aromatic N) is 2.